The number of carbonyl (C=O) groups excluding carboxylic acids is 2. The second kappa shape index (κ2) is 7.61. The van der Waals surface area contributed by atoms with E-state index in [0.29, 0.717) is 19.1 Å². The van der Waals surface area contributed by atoms with Crippen molar-refractivity contribution >= 4 is 17.6 Å². The predicted octanol–water partition coefficient (Wildman–Crippen LogP) is 3.24. The van der Waals surface area contributed by atoms with Gasteiger partial charge in [0.2, 0.25) is 11.8 Å². The first kappa shape index (κ1) is 19.8. The topological polar surface area (TPSA) is 76.5 Å². The first-order valence-electron chi connectivity index (χ1n) is 12.3. The molecule has 7 rings (SSSR count). The largest absolute Gasteiger partial charge is 0.381 e. The molecule has 31 heavy (non-hydrogen) atoms. The first-order chi connectivity index (χ1) is 15.1. The number of nitrogens with one attached hydrogen (secondary N) is 1. The van der Waals surface area contributed by atoms with Crippen LogP contribution in [-0.4, -0.2) is 52.8 Å². The number of aromatic nitrogens is 2. The summed E-state index contributed by atoms with van der Waals surface area (Å²) in [5, 5.41) is 7.56. The van der Waals surface area contributed by atoms with E-state index in [-0.39, 0.29) is 23.3 Å². The standard InChI is InChI=1S/C24H34N4O3/c29-22(19-4-8-31-15-19)26-21-1-5-25-28(21)20-2-6-27(7-3-20)23(30)24-12-16-9-17(13-24)11-18(10-16)14-24/h1,5,16-20H,2-4,6-15H2,(H,26,29)/t16?,17?,18?,19-,24?/m0/s1. The smallest absolute Gasteiger partial charge is 0.231 e. The van der Waals surface area contributed by atoms with Gasteiger partial charge in [0.1, 0.15) is 5.82 Å². The molecule has 4 bridgehead atoms. The fraction of sp³-hybridized carbons (Fsp3) is 0.792. The minimum absolute atomic E-state index is 0.0219. The van der Waals surface area contributed by atoms with Crippen molar-refractivity contribution in [3.05, 3.63) is 12.3 Å². The average Bonchev–Trinajstić information content (AvgIpc) is 3.45. The Morgan fingerprint density at radius 2 is 1.71 bits per heavy atom. The van der Waals surface area contributed by atoms with E-state index in [4.69, 9.17) is 4.74 Å². The van der Waals surface area contributed by atoms with Gasteiger partial charge in [0.25, 0.3) is 0 Å². The summed E-state index contributed by atoms with van der Waals surface area (Å²) in [6.45, 7) is 2.77. The molecule has 2 saturated heterocycles. The highest BCUT2D eigenvalue weighted by molar-refractivity contribution is 5.92. The molecule has 1 aromatic heterocycles. The molecule has 7 heteroatoms. The van der Waals surface area contributed by atoms with Gasteiger partial charge in [0.05, 0.1) is 30.2 Å². The van der Waals surface area contributed by atoms with Crippen LogP contribution >= 0.6 is 0 Å². The maximum Gasteiger partial charge on any atom is 0.231 e. The second-order valence-corrected chi connectivity index (χ2v) is 10.9. The molecule has 0 aromatic carbocycles. The predicted molar refractivity (Wildman–Crippen MR) is 115 cm³/mol. The quantitative estimate of drug-likeness (QED) is 0.802. The van der Waals surface area contributed by atoms with Gasteiger partial charge >= 0.3 is 0 Å². The zero-order valence-electron chi connectivity index (χ0n) is 18.3. The van der Waals surface area contributed by atoms with Crippen molar-refractivity contribution in [3.63, 3.8) is 0 Å². The van der Waals surface area contributed by atoms with Crippen molar-refractivity contribution in [2.45, 2.75) is 63.8 Å². The Balaban J connectivity index is 1.09. The van der Waals surface area contributed by atoms with Crippen LogP contribution in [0.2, 0.25) is 0 Å². The molecular formula is C24H34N4O3. The Labute approximate surface area is 183 Å². The van der Waals surface area contributed by atoms with Crippen molar-refractivity contribution in [2.75, 3.05) is 31.6 Å². The van der Waals surface area contributed by atoms with Crippen LogP contribution in [-0.2, 0) is 14.3 Å². The highest BCUT2D eigenvalue weighted by atomic mass is 16.5. The molecule has 4 saturated carbocycles. The lowest BCUT2D eigenvalue weighted by Crippen LogP contribution is -2.55. The number of amides is 2. The maximum atomic E-state index is 13.6. The van der Waals surface area contributed by atoms with E-state index in [0.717, 1.165) is 75.2 Å². The van der Waals surface area contributed by atoms with Gasteiger partial charge in [-0.3, -0.25) is 9.59 Å². The summed E-state index contributed by atoms with van der Waals surface area (Å²) in [6.07, 6.45) is 11.9. The Morgan fingerprint density at radius 1 is 1.03 bits per heavy atom. The summed E-state index contributed by atoms with van der Waals surface area (Å²) in [5.74, 6) is 3.56. The number of carbonyl (C=O) groups is 2. The lowest BCUT2D eigenvalue weighted by Gasteiger charge is -2.57. The van der Waals surface area contributed by atoms with E-state index in [1.54, 1.807) is 6.20 Å². The van der Waals surface area contributed by atoms with Crippen molar-refractivity contribution in [1.82, 2.24) is 14.7 Å². The molecule has 2 aliphatic heterocycles. The van der Waals surface area contributed by atoms with Crippen LogP contribution in [0.4, 0.5) is 5.82 Å². The summed E-state index contributed by atoms with van der Waals surface area (Å²) < 4.78 is 7.30. The molecule has 1 aromatic rings. The molecule has 1 atom stereocenters. The molecule has 6 aliphatic rings. The van der Waals surface area contributed by atoms with E-state index >= 15 is 0 Å². The summed E-state index contributed by atoms with van der Waals surface area (Å²) in [6, 6.07) is 2.10. The lowest BCUT2D eigenvalue weighted by atomic mass is 9.49. The van der Waals surface area contributed by atoms with Crippen LogP contribution in [0.5, 0.6) is 0 Å². The van der Waals surface area contributed by atoms with E-state index in [1.165, 1.54) is 19.3 Å². The van der Waals surface area contributed by atoms with Gasteiger partial charge < -0.3 is 15.0 Å². The number of rotatable bonds is 4. The number of anilines is 1. The number of hydrogen-bond donors (Lipinski definition) is 1. The first-order valence-corrected chi connectivity index (χ1v) is 12.3. The fourth-order valence-electron chi connectivity index (χ4n) is 7.70. The summed E-state index contributed by atoms with van der Waals surface area (Å²) >= 11 is 0. The van der Waals surface area contributed by atoms with Gasteiger partial charge in [0.15, 0.2) is 0 Å². The Morgan fingerprint density at radius 3 is 2.32 bits per heavy atom. The molecule has 1 N–H and O–H groups in total. The van der Waals surface area contributed by atoms with Gasteiger partial charge in [-0.15, -0.1) is 0 Å². The van der Waals surface area contributed by atoms with Gasteiger partial charge in [-0.25, -0.2) is 4.68 Å². The molecule has 3 heterocycles. The second-order valence-electron chi connectivity index (χ2n) is 10.9. The van der Waals surface area contributed by atoms with Crippen LogP contribution in [0.3, 0.4) is 0 Å². The average molecular weight is 427 g/mol. The van der Waals surface area contributed by atoms with Crippen LogP contribution in [0.25, 0.3) is 0 Å². The molecule has 0 spiro atoms. The van der Waals surface area contributed by atoms with E-state index in [2.05, 4.69) is 15.3 Å². The van der Waals surface area contributed by atoms with E-state index < -0.39 is 0 Å². The third kappa shape index (κ3) is 3.49. The molecule has 0 radical (unpaired) electrons. The van der Waals surface area contributed by atoms with Crippen LogP contribution < -0.4 is 5.32 Å². The maximum absolute atomic E-state index is 13.6. The van der Waals surface area contributed by atoms with Gasteiger partial charge in [-0.05, 0) is 75.5 Å². The zero-order chi connectivity index (χ0) is 21.0. The monoisotopic (exact) mass is 426 g/mol. The zero-order valence-corrected chi connectivity index (χ0v) is 18.3. The highest BCUT2D eigenvalue weighted by Gasteiger charge is 2.55. The molecule has 6 fully saturated rings. The van der Waals surface area contributed by atoms with Crippen LogP contribution in [0.1, 0.15) is 63.8 Å². The van der Waals surface area contributed by atoms with Crippen molar-refractivity contribution in [3.8, 4) is 0 Å². The number of nitrogens with zero attached hydrogens (tertiary/aromatic N) is 3. The van der Waals surface area contributed by atoms with Gasteiger partial charge in [0, 0.05) is 25.8 Å². The third-order valence-electron chi connectivity index (χ3n) is 8.81. The molecule has 168 valence electrons. The number of hydrogen-bond acceptors (Lipinski definition) is 4. The van der Waals surface area contributed by atoms with Crippen molar-refractivity contribution in [1.29, 1.82) is 0 Å². The third-order valence-corrected chi connectivity index (χ3v) is 8.81. The van der Waals surface area contributed by atoms with E-state index in [9.17, 15) is 9.59 Å². The SMILES string of the molecule is O=C(Nc1ccnn1C1CCN(C(=O)C23CC4CC(CC(C4)C2)C3)CC1)[C@H]1CCOC1. The van der Waals surface area contributed by atoms with E-state index in [1.807, 2.05) is 10.7 Å². The Bertz CT molecular complexity index is 815. The molecule has 0 unspecified atom stereocenters. The van der Waals surface area contributed by atoms with Gasteiger partial charge in [-0.1, -0.05) is 0 Å². The van der Waals surface area contributed by atoms with Crippen LogP contribution in [0.15, 0.2) is 12.3 Å². The number of piperidine rings is 1. The van der Waals surface area contributed by atoms with Crippen molar-refractivity contribution < 1.29 is 14.3 Å². The summed E-state index contributed by atoms with van der Waals surface area (Å²) in [4.78, 5) is 28.3. The highest BCUT2D eigenvalue weighted by Crippen LogP contribution is 2.60. The fourth-order valence-corrected chi connectivity index (χ4v) is 7.70. The molecule has 4 aliphatic carbocycles. The molecule has 7 nitrogen and oxygen atoms in total. The Kier molecular flexibility index (Phi) is 4.85. The summed E-state index contributed by atoms with van der Waals surface area (Å²) in [7, 11) is 0. The van der Waals surface area contributed by atoms with Crippen molar-refractivity contribution in [2.24, 2.45) is 29.1 Å². The van der Waals surface area contributed by atoms with Gasteiger partial charge in [-0.2, -0.15) is 5.10 Å². The summed E-state index contributed by atoms with van der Waals surface area (Å²) in [5.41, 5.74) is -0.0459. The Hall–Kier alpha value is -1.89. The lowest BCUT2D eigenvalue weighted by molar-refractivity contribution is -0.159. The molecule has 2 amide bonds. The van der Waals surface area contributed by atoms with Crippen LogP contribution in [0, 0.1) is 29.1 Å². The number of likely N-dealkylation sites (tertiary alicyclic amines) is 1. The minimum atomic E-state index is -0.0666. The number of ether oxygens (including phenoxy) is 1. The normalized spacial score (nSPS) is 37.4. The molecular weight excluding hydrogens is 392 g/mol. The minimum Gasteiger partial charge on any atom is -0.381 e.